The molecule has 0 radical (unpaired) electrons. The Balaban J connectivity index is 2.19. The molecule has 0 bridgehead atoms. The summed E-state index contributed by atoms with van der Waals surface area (Å²) in [6, 6.07) is 4.41. The van der Waals surface area contributed by atoms with E-state index in [1.807, 2.05) is 0 Å². The van der Waals surface area contributed by atoms with Crippen LogP contribution in [-0.2, 0) is 4.79 Å². The second kappa shape index (κ2) is 5.81. The number of hydrogen-bond acceptors (Lipinski definition) is 3. The van der Waals surface area contributed by atoms with Crippen LogP contribution in [0.1, 0.15) is 36.0 Å². The number of hydrogen-bond donors (Lipinski definition) is 3. The van der Waals surface area contributed by atoms with Crippen LogP contribution in [0.5, 0.6) is 0 Å². The predicted octanol–water partition coefficient (Wildman–Crippen LogP) is 2.50. The number of nitrogens with two attached hydrogens (primary N) is 1. The Kier molecular flexibility index (Phi) is 4.30. The smallest absolute Gasteiger partial charge is 0.337 e. The number of carboxylic acid groups (broad SMARTS) is 1. The standard InChI is InChI=1S/C14H17ClN2O3/c15-11-4-3-9(7-10(11)12(18)19)17-13(20)14(8-16)5-1-2-6-14/h3-4,7H,1-2,5-6,8,16H2,(H,17,20)(H,18,19). The molecular weight excluding hydrogens is 280 g/mol. The van der Waals surface area contributed by atoms with Crippen molar-refractivity contribution in [3.05, 3.63) is 28.8 Å². The lowest BCUT2D eigenvalue weighted by Gasteiger charge is -2.25. The summed E-state index contributed by atoms with van der Waals surface area (Å²) < 4.78 is 0. The number of carbonyl (C=O) groups excluding carboxylic acids is 1. The third kappa shape index (κ3) is 2.78. The Morgan fingerprint density at radius 1 is 1.35 bits per heavy atom. The van der Waals surface area contributed by atoms with E-state index in [1.54, 1.807) is 6.07 Å². The van der Waals surface area contributed by atoms with Crippen molar-refractivity contribution >= 4 is 29.2 Å². The van der Waals surface area contributed by atoms with Gasteiger partial charge in [-0.2, -0.15) is 0 Å². The van der Waals surface area contributed by atoms with Gasteiger partial charge in [-0.05, 0) is 31.0 Å². The van der Waals surface area contributed by atoms with Crippen LogP contribution in [-0.4, -0.2) is 23.5 Å². The lowest BCUT2D eigenvalue weighted by atomic mass is 9.85. The lowest BCUT2D eigenvalue weighted by Crippen LogP contribution is -2.40. The first-order valence-electron chi connectivity index (χ1n) is 6.53. The SMILES string of the molecule is NCC1(C(=O)Nc2ccc(Cl)c(C(=O)O)c2)CCCC1. The summed E-state index contributed by atoms with van der Waals surface area (Å²) in [5.74, 6) is -1.27. The number of carbonyl (C=O) groups is 2. The molecule has 0 atom stereocenters. The Labute approximate surface area is 122 Å². The van der Waals surface area contributed by atoms with E-state index in [9.17, 15) is 9.59 Å². The molecule has 0 spiro atoms. The Morgan fingerprint density at radius 3 is 2.55 bits per heavy atom. The first kappa shape index (κ1) is 14.8. The average molecular weight is 297 g/mol. The van der Waals surface area contributed by atoms with Crippen molar-refractivity contribution in [2.75, 3.05) is 11.9 Å². The van der Waals surface area contributed by atoms with Gasteiger partial charge < -0.3 is 16.2 Å². The quantitative estimate of drug-likeness (QED) is 0.796. The molecule has 108 valence electrons. The van der Waals surface area contributed by atoms with E-state index < -0.39 is 11.4 Å². The summed E-state index contributed by atoms with van der Waals surface area (Å²) in [7, 11) is 0. The maximum Gasteiger partial charge on any atom is 0.337 e. The summed E-state index contributed by atoms with van der Waals surface area (Å²) >= 11 is 5.80. The Morgan fingerprint density at radius 2 is 2.00 bits per heavy atom. The van der Waals surface area contributed by atoms with Crippen LogP contribution < -0.4 is 11.1 Å². The molecule has 0 aromatic heterocycles. The van der Waals surface area contributed by atoms with Gasteiger partial charge >= 0.3 is 5.97 Å². The van der Waals surface area contributed by atoms with E-state index >= 15 is 0 Å². The minimum Gasteiger partial charge on any atom is -0.478 e. The van der Waals surface area contributed by atoms with E-state index in [-0.39, 0.29) is 16.5 Å². The predicted molar refractivity (Wildman–Crippen MR) is 77.0 cm³/mol. The van der Waals surface area contributed by atoms with Crippen molar-refractivity contribution in [3.63, 3.8) is 0 Å². The molecule has 5 nitrogen and oxygen atoms in total. The van der Waals surface area contributed by atoms with Crippen LogP contribution in [0.15, 0.2) is 18.2 Å². The summed E-state index contributed by atoms with van der Waals surface area (Å²) in [6.07, 6.45) is 3.53. The van der Waals surface area contributed by atoms with Crippen LogP contribution in [0.3, 0.4) is 0 Å². The lowest BCUT2D eigenvalue weighted by molar-refractivity contribution is -0.124. The third-order valence-electron chi connectivity index (χ3n) is 3.89. The van der Waals surface area contributed by atoms with Gasteiger partial charge in [0.1, 0.15) is 0 Å². The molecule has 0 heterocycles. The first-order valence-corrected chi connectivity index (χ1v) is 6.91. The minimum absolute atomic E-state index is 0.0299. The number of benzene rings is 1. The van der Waals surface area contributed by atoms with Gasteiger partial charge in [-0.15, -0.1) is 0 Å². The highest BCUT2D eigenvalue weighted by Crippen LogP contribution is 2.38. The van der Waals surface area contributed by atoms with Gasteiger partial charge in [-0.3, -0.25) is 4.79 Å². The molecule has 1 fully saturated rings. The van der Waals surface area contributed by atoms with Crippen molar-refractivity contribution in [1.29, 1.82) is 0 Å². The molecule has 1 aliphatic carbocycles. The molecule has 1 aromatic rings. The van der Waals surface area contributed by atoms with Gasteiger partial charge in [0.2, 0.25) is 5.91 Å². The molecular formula is C14H17ClN2O3. The first-order chi connectivity index (χ1) is 9.48. The summed E-state index contributed by atoms with van der Waals surface area (Å²) in [5, 5.41) is 11.9. The van der Waals surface area contributed by atoms with Crippen LogP contribution in [0, 0.1) is 5.41 Å². The summed E-state index contributed by atoms with van der Waals surface area (Å²) in [5.41, 5.74) is 5.62. The number of amides is 1. The van der Waals surface area contributed by atoms with Crippen molar-refractivity contribution in [2.24, 2.45) is 11.1 Å². The van der Waals surface area contributed by atoms with Crippen LogP contribution in [0.25, 0.3) is 0 Å². The number of anilines is 1. The molecule has 20 heavy (non-hydrogen) atoms. The number of nitrogens with one attached hydrogen (secondary N) is 1. The monoisotopic (exact) mass is 296 g/mol. The van der Waals surface area contributed by atoms with Gasteiger partial charge in [-0.1, -0.05) is 24.4 Å². The largest absolute Gasteiger partial charge is 0.478 e. The van der Waals surface area contributed by atoms with Crippen molar-refractivity contribution in [3.8, 4) is 0 Å². The third-order valence-corrected chi connectivity index (χ3v) is 4.22. The second-order valence-electron chi connectivity index (χ2n) is 5.15. The zero-order chi connectivity index (χ0) is 14.8. The van der Waals surface area contributed by atoms with E-state index in [4.69, 9.17) is 22.4 Å². The summed E-state index contributed by atoms with van der Waals surface area (Å²) in [4.78, 5) is 23.4. The molecule has 6 heteroatoms. The molecule has 1 aliphatic rings. The van der Waals surface area contributed by atoms with Gasteiger partial charge in [0.15, 0.2) is 0 Å². The molecule has 1 amide bonds. The fourth-order valence-corrected chi connectivity index (χ4v) is 2.80. The highest BCUT2D eigenvalue weighted by Gasteiger charge is 2.39. The van der Waals surface area contributed by atoms with E-state index in [1.165, 1.54) is 12.1 Å². The zero-order valence-electron chi connectivity index (χ0n) is 11.0. The van der Waals surface area contributed by atoms with E-state index in [0.717, 1.165) is 25.7 Å². The molecule has 0 aliphatic heterocycles. The minimum atomic E-state index is -1.12. The Bertz CT molecular complexity index is 539. The molecule has 2 rings (SSSR count). The molecule has 1 saturated carbocycles. The summed E-state index contributed by atoms with van der Waals surface area (Å²) in [6.45, 7) is 0.304. The number of aromatic carboxylic acids is 1. The zero-order valence-corrected chi connectivity index (χ0v) is 11.7. The Hall–Kier alpha value is -1.59. The van der Waals surface area contributed by atoms with Gasteiger partial charge in [0.25, 0.3) is 0 Å². The molecule has 0 unspecified atom stereocenters. The second-order valence-corrected chi connectivity index (χ2v) is 5.55. The topological polar surface area (TPSA) is 92.4 Å². The highest BCUT2D eigenvalue weighted by molar-refractivity contribution is 6.33. The van der Waals surface area contributed by atoms with Gasteiger partial charge in [0.05, 0.1) is 16.0 Å². The van der Waals surface area contributed by atoms with Gasteiger partial charge in [-0.25, -0.2) is 4.79 Å². The van der Waals surface area contributed by atoms with E-state index in [2.05, 4.69) is 5.32 Å². The fraction of sp³-hybridized carbons (Fsp3) is 0.429. The number of rotatable bonds is 4. The number of carboxylic acids is 1. The molecule has 4 N–H and O–H groups in total. The van der Waals surface area contributed by atoms with E-state index in [0.29, 0.717) is 12.2 Å². The number of halogens is 1. The van der Waals surface area contributed by atoms with Crippen molar-refractivity contribution in [2.45, 2.75) is 25.7 Å². The highest BCUT2D eigenvalue weighted by atomic mass is 35.5. The maximum absolute atomic E-state index is 12.4. The van der Waals surface area contributed by atoms with Crippen LogP contribution >= 0.6 is 11.6 Å². The fourth-order valence-electron chi connectivity index (χ4n) is 2.61. The van der Waals surface area contributed by atoms with Gasteiger partial charge in [0, 0.05) is 12.2 Å². The van der Waals surface area contributed by atoms with Crippen LogP contribution in [0.2, 0.25) is 5.02 Å². The van der Waals surface area contributed by atoms with Crippen molar-refractivity contribution in [1.82, 2.24) is 0 Å². The van der Waals surface area contributed by atoms with Crippen molar-refractivity contribution < 1.29 is 14.7 Å². The average Bonchev–Trinajstić information content (AvgIpc) is 2.90. The molecule has 0 saturated heterocycles. The normalized spacial score (nSPS) is 16.9. The van der Waals surface area contributed by atoms with Crippen LogP contribution in [0.4, 0.5) is 5.69 Å². The maximum atomic E-state index is 12.4. The molecule has 1 aromatic carbocycles.